The number of anilines is 1. The summed E-state index contributed by atoms with van der Waals surface area (Å²) in [4.78, 5) is 11.5. The molecule has 110 valence electrons. The van der Waals surface area contributed by atoms with Crippen molar-refractivity contribution in [1.82, 2.24) is 0 Å². The topological polar surface area (TPSA) is 112 Å². The summed E-state index contributed by atoms with van der Waals surface area (Å²) in [6.07, 6.45) is 1.10. The van der Waals surface area contributed by atoms with E-state index in [2.05, 4.69) is 0 Å². The molecule has 0 aliphatic heterocycles. The second kappa shape index (κ2) is 5.45. The summed E-state index contributed by atoms with van der Waals surface area (Å²) in [6.45, 7) is 0. The van der Waals surface area contributed by atoms with Crippen LogP contribution in [0.15, 0.2) is 47.4 Å². The number of benzene rings is 2. The minimum atomic E-state index is -3.36. The fraction of sp³-hybridized carbons (Fsp3) is 0.0714. The molecule has 1 amide bonds. The molecule has 4 N–H and O–H groups in total. The van der Waals surface area contributed by atoms with Gasteiger partial charge in [0.05, 0.1) is 16.1 Å². The van der Waals surface area contributed by atoms with Crippen molar-refractivity contribution >= 4 is 21.4 Å². The number of sulfone groups is 1. The van der Waals surface area contributed by atoms with Crippen LogP contribution in [-0.2, 0) is 9.84 Å². The van der Waals surface area contributed by atoms with E-state index < -0.39 is 15.7 Å². The number of ether oxygens (including phenoxy) is 1. The third-order valence-electron chi connectivity index (χ3n) is 2.76. The second-order valence-corrected chi connectivity index (χ2v) is 6.45. The average molecular weight is 306 g/mol. The maximum Gasteiger partial charge on any atom is 0.252 e. The lowest BCUT2D eigenvalue weighted by molar-refractivity contribution is 0.0998. The zero-order chi connectivity index (χ0) is 15.6. The van der Waals surface area contributed by atoms with Gasteiger partial charge in [-0.25, -0.2) is 8.42 Å². The number of primary amides is 1. The SMILES string of the molecule is CS(=O)(=O)c1cccc(Oc2c(N)cccc2C(N)=O)c1. The summed E-state index contributed by atoms with van der Waals surface area (Å²) in [7, 11) is -3.36. The van der Waals surface area contributed by atoms with Crippen LogP contribution in [0.2, 0.25) is 0 Å². The lowest BCUT2D eigenvalue weighted by Crippen LogP contribution is -2.13. The monoisotopic (exact) mass is 306 g/mol. The van der Waals surface area contributed by atoms with E-state index in [0.717, 1.165) is 6.26 Å². The van der Waals surface area contributed by atoms with Crippen LogP contribution in [0.3, 0.4) is 0 Å². The molecule has 0 heterocycles. The molecule has 0 unspecified atom stereocenters. The van der Waals surface area contributed by atoms with Gasteiger partial charge in [0.2, 0.25) is 0 Å². The van der Waals surface area contributed by atoms with Crippen LogP contribution >= 0.6 is 0 Å². The maximum absolute atomic E-state index is 11.5. The van der Waals surface area contributed by atoms with Crippen LogP contribution in [0.1, 0.15) is 10.4 Å². The molecule has 0 aliphatic carbocycles. The first-order valence-electron chi connectivity index (χ1n) is 5.95. The molecule has 0 saturated carbocycles. The van der Waals surface area contributed by atoms with Gasteiger partial charge in [-0.05, 0) is 30.3 Å². The molecular formula is C14H14N2O4S. The molecule has 21 heavy (non-hydrogen) atoms. The van der Waals surface area contributed by atoms with E-state index >= 15 is 0 Å². The highest BCUT2D eigenvalue weighted by Crippen LogP contribution is 2.32. The van der Waals surface area contributed by atoms with Crippen LogP contribution in [0.5, 0.6) is 11.5 Å². The fourth-order valence-electron chi connectivity index (χ4n) is 1.75. The Kier molecular flexibility index (Phi) is 3.86. The zero-order valence-corrected chi connectivity index (χ0v) is 12.1. The Morgan fingerprint density at radius 2 is 1.81 bits per heavy atom. The zero-order valence-electron chi connectivity index (χ0n) is 11.2. The van der Waals surface area contributed by atoms with Gasteiger partial charge in [-0.3, -0.25) is 4.79 Å². The summed E-state index contributed by atoms with van der Waals surface area (Å²) < 4.78 is 28.6. The van der Waals surface area contributed by atoms with Gasteiger partial charge in [-0.15, -0.1) is 0 Å². The molecule has 0 spiro atoms. The molecule has 2 aromatic carbocycles. The Balaban J connectivity index is 2.46. The molecule has 0 aromatic heterocycles. The number of amides is 1. The Morgan fingerprint density at radius 3 is 2.43 bits per heavy atom. The Morgan fingerprint density at radius 1 is 1.14 bits per heavy atom. The van der Waals surface area contributed by atoms with Gasteiger partial charge >= 0.3 is 0 Å². The summed E-state index contributed by atoms with van der Waals surface area (Å²) >= 11 is 0. The molecule has 0 fully saturated rings. The number of carbonyl (C=O) groups is 1. The van der Waals surface area contributed by atoms with Gasteiger partial charge in [0.1, 0.15) is 5.75 Å². The molecule has 6 nitrogen and oxygen atoms in total. The minimum absolute atomic E-state index is 0.107. The summed E-state index contributed by atoms with van der Waals surface area (Å²) in [5.74, 6) is -0.328. The van der Waals surface area contributed by atoms with E-state index in [1.54, 1.807) is 18.2 Å². The number of carbonyl (C=O) groups excluding carboxylic acids is 1. The maximum atomic E-state index is 11.5. The molecule has 0 aliphatic rings. The molecule has 7 heteroatoms. The van der Waals surface area contributed by atoms with Crippen molar-refractivity contribution in [2.75, 3.05) is 12.0 Å². The van der Waals surface area contributed by atoms with Crippen molar-refractivity contribution in [2.24, 2.45) is 5.73 Å². The number of para-hydroxylation sites is 1. The normalized spacial score (nSPS) is 11.1. The highest BCUT2D eigenvalue weighted by Gasteiger charge is 2.14. The van der Waals surface area contributed by atoms with Gasteiger partial charge in [0, 0.05) is 6.26 Å². The first-order chi connectivity index (χ1) is 9.79. The predicted molar refractivity (Wildman–Crippen MR) is 79.0 cm³/mol. The van der Waals surface area contributed by atoms with Crippen LogP contribution in [0.4, 0.5) is 5.69 Å². The Hall–Kier alpha value is -2.54. The number of nitrogen functional groups attached to an aromatic ring is 1. The van der Waals surface area contributed by atoms with Crippen LogP contribution in [-0.4, -0.2) is 20.6 Å². The molecular weight excluding hydrogens is 292 g/mol. The summed E-state index contributed by atoms with van der Waals surface area (Å²) in [5.41, 5.74) is 11.4. The van der Waals surface area contributed by atoms with E-state index in [9.17, 15) is 13.2 Å². The number of hydrogen-bond acceptors (Lipinski definition) is 5. The molecule has 2 rings (SSSR count). The lowest BCUT2D eigenvalue weighted by Gasteiger charge is -2.12. The highest BCUT2D eigenvalue weighted by atomic mass is 32.2. The van der Waals surface area contributed by atoms with E-state index in [0.29, 0.717) is 0 Å². The van der Waals surface area contributed by atoms with Crippen molar-refractivity contribution in [3.05, 3.63) is 48.0 Å². The van der Waals surface area contributed by atoms with Crippen molar-refractivity contribution in [3.63, 3.8) is 0 Å². The predicted octanol–water partition coefficient (Wildman–Crippen LogP) is 1.56. The smallest absolute Gasteiger partial charge is 0.252 e. The fourth-order valence-corrected chi connectivity index (χ4v) is 2.41. The first-order valence-corrected chi connectivity index (χ1v) is 7.84. The molecule has 0 atom stereocenters. The molecule has 0 saturated heterocycles. The standard InChI is InChI=1S/C14H14N2O4S/c1-21(18,19)10-5-2-4-9(8-10)20-13-11(14(16)17)6-3-7-12(13)15/h2-8H,15H2,1H3,(H2,16,17). The second-order valence-electron chi connectivity index (χ2n) is 4.44. The Labute approximate surface area is 122 Å². The van der Waals surface area contributed by atoms with E-state index in [1.807, 2.05) is 0 Å². The van der Waals surface area contributed by atoms with Crippen LogP contribution in [0, 0.1) is 0 Å². The van der Waals surface area contributed by atoms with E-state index in [1.165, 1.54) is 24.3 Å². The first kappa shape index (κ1) is 14.9. The van der Waals surface area contributed by atoms with E-state index in [-0.39, 0.29) is 27.6 Å². The highest BCUT2D eigenvalue weighted by molar-refractivity contribution is 7.90. The van der Waals surface area contributed by atoms with E-state index in [4.69, 9.17) is 16.2 Å². The third-order valence-corrected chi connectivity index (χ3v) is 3.87. The van der Waals surface area contributed by atoms with Crippen molar-refractivity contribution in [3.8, 4) is 11.5 Å². The number of nitrogens with two attached hydrogens (primary N) is 2. The van der Waals surface area contributed by atoms with Crippen LogP contribution in [0.25, 0.3) is 0 Å². The third kappa shape index (κ3) is 3.32. The minimum Gasteiger partial charge on any atom is -0.454 e. The largest absolute Gasteiger partial charge is 0.454 e. The number of rotatable bonds is 4. The Bertz CT molecular complexity index is 800. The summed E-state index contributed by atoms with van der Waals surface area (Å²) in [6, 6.07) is 10.5. The quantitative estimate of drug-likeness (QED) is 0.832. The van der Waals surface area contributed by atoms with Gasteiger partial charge in [-0.1, -0.05) is 12.1 Å². The number of hydrogen-bond donors (Lipinski definition) is 2. The lowest BCUT2D eigenvalue weighted by atomic mass is 10.1. The van der Waals surface area contributed by atoms with Gasteiger partial charge < -0.3 is 16.2 Å². The molecule has 0 radical (unpaired) electrons. The van der Waals surface area contributed by atoms with Crippen molar-refractivity contribution < 1.29 is 17.9 Å². The van der Waals surface area contributed by atoms with Crippen LogP contribution < -0.4 is 16.2 Å². The summed E-state index contributed by atoms with van der Waals surface area (Å²) in [5, 5.41) is 0. The molecule has 0 bridgehead atoms. The van der Waals surface area contributed by atoms with Gasteiger partial charge in [0.25, 0.3) is 5.91 Å². The van der Waals surface area contributed by atoms with Crippen molar-refractivity contribution in [2.45, 2.75) is 4.90 Å². The molecule has 2 aromatic rings. The van der Waals surface area contributed by atoms with Crippen molar-refractivity contribution in [1.29, 1.82) is 0 Å². The van der Waals surface area contributed by atoms with Gasteiger partial charge in [0.15, 0.2) is 15.6 Å². The average Bonchev–Trinajstić information content (AvgIpc) is 2.40. The van der Waals surface area contributed by atoms with Gasteiger partial charge in [-0.2, -0.15) is 0 Å².